The lowest BCUT2D eigenvalue weighted by atomic mass is 10.0. The summed E-state index contributed by atoms with van der Waals surface area (Å²) in [5.41, 5.74) is 4.69. The molecule has 0 spiro atoms. The summed E-state index contributed by atoms with van der Waals surface area (Å²) in [6.07, 6.45) is 6.78. The van der Waals surface area contributed by atoms with Crippen molar-refractivity contribution in [1.29, 1.82) is 0 Å². The number of piperidine rings is 1. The van der Waals surface area contributed by atoms with Crippen molar-refractivity contribution in [3.8, 4) is 0 Å². The number of hydrogen-bond donors (Lipinski definition) is 2. The monoisotopic (exact) mass is 554 g/mol. The van der Waals surface area contributed by atoms with Gasteiger partial charge in [-0.25, -0.2) is 22.9 Å². The number of benzene rings is 3. The van der Waals surface area contributed by atoms with Crippen molar-refractivity contribution in [2.75, 3.05) is 23.3 Å². The third-order valence-electron chi connectivity index (χ3n) is 6.77. The zero-order valence-electron chi connectivity index (χ0n) is 22.1. The van der Waals surface area contributed by atoms with Gasteiger partial charge in [-0.1, -0.05) is 29.8 Å². The van der Waals surface area contributed by atoms with Crippen LogP contribution in [0.15, 0.2) is 89.8 Å². The molecule has 0 bridgehead atoms. The Morgan fingerprint density at radius 3 is 2.35 bits per heavy atom. The number of aromatic nitrogens is 1. The van der Waals surface area contributed by atoms with E-state index in [2.05, 4.69) is 23.2 Å². The first-order valence-corrected chi connectivity index (χ1v) is 14.6. The molecular weight excluding hydrogens is 524 g/mol. The highest BCUT2D eigenvalue weighted by atomic mass is 32.2. The van der Waals surface area contributed by atoms with Crippen LogP contribution in [0.4, 0.5) is 16.2 Å². The molecule has 3 aromatic carbocycles. The van der Waals surface area contributed by atoms with Crippen LogP contribution in [0.5, 0.6) is 0 Å². The largest absolute Gasteiger partial charge is 0.371 e. The number of aryl methyl sites for hydroxylation is 1. The van der Waals surface area contributed by atoms with Crippen molar-refractivity contribution in [2.45, 2.75) is 31.1 Å². The van der Waals surface area contributed by atoms with Crippen molar-refractivity contribution in [3.63, 3.8) is 0 Å². The molecule has 1 saturated heterocycles. The molecule has 0 saturated carbocycles. The Balaban J connectivity index is 1.28. The highest BCUT2D eigenvalue weighted by molar-refractivity contribution is 7.90. The van der Waals surface area contributed by atoms with Crippen LogP contribution in [0.3, 0.4) is 0 Å². The summed E-state index contributed by atoms with van der Waals surface area (Å²) in [5, 5.41) is 3.60. The van der Waals surface area contributed by atoms with Crippen LogP contribution < -0.4 is 14.9 Å². The maximum Gasteiger partial charge on any atom is 0.333 e. The minimum absolute atomic E-state index is 0.0167. The van der Waals surface area contributed by atoms with Gasteiger partial charge in [0.2, 0.25) is 0 Å². The molecule has 0 radical (unpaired) electrons. The van der Waals surface area contributed by atoms with E-state index in [0.717, 1.165) is 42.5 Å². The van der Waals surface area contributed by atoms with Gasteiger partial charge in [-0.05, 0) is 92.9 Å². The van der Waals surface area contributed by atoms with E-state index in [1.807, 2.05) is 22.9 Å². The molecule has 1 aliphatic heterocycles. The van der Waals surface area contributed by atoms with Gasteiger partial charge in [-0.3, -0.25) is 4.79 Å². The third-order valence-corrected chi connectivity index (χ3v) is 8.12. The Bertz CT molecular complexity index is 1680. The summed E-state index contributed by atoms with van der Waals surface area (Å²) < 4.78 is 26.6. The van der Waals surface area contributed by atoms with E-state index in [9.17, 15) is 18.0 Å². The van der Waals surface area contributed by atoms with Gasteiger partial charge in [0.1, 0.15) is 0 Å². The van der Waals surface area contributed by atoms with Gasteiger partial charge in [-0.15, -0.1) is 0 Å². The number of fused-ring (bicyclic) bond motifs is 1. The second-order valence-electron chi connectivity index (χ2n) is 9.78. The van der Waals surface area contributed by atoms with E-state index in [4.69, 9.17) is 4.98 Å². The molecule has 0 aliphatic carbocycles. The Hall–Kier alpha value is -4.50. The number of sulfonamides is 1. The molecule has 204 valence electrons. The van der Waals surface area contributed by atoms with Gasteiger partial charge in [0.25, 0.3) is 10.0 Å². The van der Waals surface area contributed by atoms with E-state index < -0.39 is 16.1 Å². The molecule has 40 heavy (non-hydrogen) atoms. The van der Waals surface area contributed by atoms with Crippen molar-refractivity contribution < 1.29 is 18.0 Å². The first-order valence-electron chi connectivity index (χ1n) is 13.2. The molecule has 8 nitrogen and oxygen atoms in total. The normalized spacial score (nSPS) is 13.9. The van der Waals surface area contributed by atoms with Gasteiger partial charge in [0.15, 0.2) is 5.78 Å². The molecule has 2 amide bonds. The summed E-state index contributed by atoms with van der Waals surface area (Å²) in [4.78, 5) is 32.3. The highest BCUT2D eigenvalue weighted by Gasteiger charge is 2.18. The summed E-state index contributed by atoms with van der Waals surface area (Å²) >= 11 is 0. The van der Waals surface area contributed by atoms with Crippen molar-refractivity contribution >= 4 is 50.2 Å². The molecule has 1 aliphatic rings. The fraction of sp³-hybridized carbons (Fsp3) is 0.194. The van der Waals surface area contributed by atoms with Crippen LogP contribution in [0.1, 0.15) is 40.9 Å². The average molecular weight is 555 g/mol. The molecule has 5 rings (SSSR count). The standard InChI is InChI=1S/C31H30N4O4S/c1-22-10-16-28-27(20-22)29(35-18-6-3-7-19-35)21-25(32-28)15-17-30(36)23-11-13-24(14-12-23)33-31(37)34-40(38,39)26-8-4-2-5-9-26/h2,4-5,8-17,20-21H,3,6-7,18-19H2,1H3,(H2,33,34,37)/b17-15+. The lowest BCUT2D eigenvalue weighted by molar-refractivity contribution is 0.104. The number of hydrogen-bond acceptors (Lipinski definition) is 6. The lowest BCUT2D eigenvalue weighted by Crippen LogP contribution is -2.34. The Morgan fingerprint density at radius 2 is 1.62 bits per heavy atom. The number of pyridine rings is 1. The van der Waals surface area contributed by atoms with Crippen LogP contribution in [-0.4, -0.2) is 38.3 Å². The number of allylic oxidation sites excluding steroid dienone is 1. The summed E-state index contributed by atoms with van der Waals surface area (Å²) in [6, 6.07) is 21.2. The van der Waals surface area contributed by atoms with Crippen LogP contribution in [-0.2, 0) is 10.0 Å². The van der Waals surface area contributed by atoms with Crippen LogP contribution in [0, 0.1) is 6.92 Å². The van der Waals surface area contributed by atoms with Gasteiger partial charge >= 0.3 is 6.03 Å². The first kappa shape index (κ1) is 27.1. The minimum atomic E-state index is -4.00. The number of nitrogens with zero attached hydrogens (tertiary/aromatic N) is 2. The van der Waals surface area contributed by atoms with Gasteiger partial charge < -0.3 is 10.2 Å². The predicted molar refractivity (Wildman–Crippen MR) is 158 cm³/mol. The van der Waals surface area contributed by atoms with E-state index in [-0.39, 0.29) is 10.7 Å². The number of carbonyl (C=O) groups excluding carboxylic acids is 2. The Labute approximate surface area is 233 Å². The molecule has 1 fully saturated rings. The van der Waals surface area contributed by atoms with Crippen molar-refractivity contribution in [3.05, 3.63) is 102 Å². The van der Waals surface area contributed by atoms with E-state index >= 15 is 0 Å². The molecule has 2 heterocycles. The molecule has 2 N–H and O–H groups in total. The topological polar surface area (TPSA) is 108 Å². The van der Waals surface area contributed by atoms with Crippen LogP contribution >= 0.6 is 0 Å². The molecule has 0 unspecified atom stereocenters. The number of rotatable bonds is 7. The average Bonchev–Trinajstić information content (AvgIpc) is 2.96. The van der Waals surface area contributed by atoms with Crippen molar-refractivity contribution in [1.82, 2.24) is 9.71 Å². The molecule has 4 aromatic rings. The van der Waals surface area contributed by atoms with Gasteiger partial charge in [-0.2, -0.15) is 0 Å². The zero-order chi connectivity index (χ0) is 28.1. The SMILES string of the molecule is Cc1ccc2nc(/C=C/C(=O)c3ccc(NC(=O)NS(=O)(=O)c4ccccc4)cc3)cc(N3CCCCC3)c2c1. The smallest absolute Gasteiger partial charge is 0.333 e. The fourth-order valence-electron chi connectivity index (χ4n) is 4.74. The maximum atomic E-state index is 12.9. The Kier molecular flexibility index (Phi) is 7.93. The van der Waals surface area contributed by atoms with E-state index in [1.165, 1.54) is 30.2 Å². The minimum Gasteiger partial charge on any atom is -0.371 e. The summed E-state index contributed by atoms with van der Waals surface area (Å²) in [6.45, 7) is 4.09. The second-order valence-corrected chi connectivity index (χ2v) is 11.5. The molecule has 1 aromatic heterocycles. The number of ketones is 1. The molecule has 9 heteroatoms. The maximum absolute atomic E-state index is 12.9. The first-order chi connectivity index (χ1) is 19.3. The van der Waals surface area contributed by atoms with E-state index in [0.29, 0.717) is 16.9 Å². The highest BCUT2D eigenvalue weighted by Crippen LogP contribution is 2.30. The van der Waals surface area contributed by atoms with Gasteiger partial charge in [0.05, 0.1) is 16.1 Å². The number of amides is 2. The van der Waals surface area contributed by atoms with Crippen LogP contribution in [0.2, 0.25) is 0 Å². The van der Waals surface area contributed by atoms with Crippen molar-refractivity contribution in [2.24, 2.45) is 0 Å². The molecule has 0 atom stereocenters. The number of urea groups is 1. The molecular formula is C31H30N4O4S. The Morgan fingerprint density at radius 1 is 0.900 bits per heavy atom. The van der Waals surface area contributed by atoms with E-state index in [1.54, 1.807) is 48.5 Å². The number of nitrogens with one attached hydrogen (secondary N) is 2. The number of carbonyl (C=O) groups is 2. The second kappa shape index (κ2) is 11.7. The summed E-state index contributed by atoms with van der Waals surface area (Å²) in [7, 11) is -4.00. The third kappa shape index (κ3) is 6.38. The quantitative estimate of drug-likeness (QED) is 0.216. The predicted octanol–water partition coefficient (Wildman–Crippen LogP) is 5.94. The fourth-order valence-corrected chi connectivity index (χ4v) is 5.66. The lowest BCUT2D eigenvalue weighted by Gasteiger charge is -2.30. The zero-order valence-corrected chi connectivity index (χ0v) is 22.9. The van der Waals surface area contributed by atoms with Crippen LogP contribution in [0.25, 0.3) is 17.0 Å². The summed E-state index contributed by atoms with van der Waals surface area (Å²) in [5.74, 6) is -0.215. The number of anilines is 2. The van der Waals surface area contributed by atoms with Gasteiger partial charge in [0, 0.05) is 35.4 Å².